The van der Waals surface area contributed by atoms with E-state index in [2.05, 4.69) is 17.2 Å². The molecule has 3 aromatic rings. The molecule has 0 saturated carbocycles. The van der Waals surface area contributed by atoms with Crippen molar-refractivity contribution in [3.63, 3.8) is 0 Å². The molecule has 1 aromatic heterocycles. The van der Waals surface area contributed by atoms with E-state index in [9.17, 15) is 9.59 Å². The first kappa shape index (κ1) is 20.2. The van der Waals surface area contributed by atoms with Gasteiger partial charge in [-0.15, -0.1) is 0 Å². The largest absolute Gasteiger partial charge is 0.361 e. The minimum Gasteiger partial charge on any atom is -0.361 e. The molecule has 2 amide bonds. The van der Waals surface area contributed by atoms with Crippen LogP contribution in [0, 0.1) is 0 Å². The second kappa shape index (κ2) is 9.13. The van der Waals surface area contributed by atoms with Crippen LogP contribution in [0.4, 0.5) is 5.69 Å². The summed E-state index contributed by atoms with van der Waals surface area (Å²) < 4.78 is 0. The topological polar surface area (TPSA) is 69.6 Å². The number of hydrogen-bond donors (Lipinski definition) is 3. The monoisotopic (exact) mass is 405 g/mol. The van der Waals surface area contributed by atoms with Crippen molar-refractivity contribution in [1.29, 1.82) is 0 Å². The van der Waals surface area contributed by atoms with Gasteiger partial charge in [-0.2, -0.15) is 0 Å². The number of piperazine rings is 1. The van der Waals surface area contributed by atoms with Crippen molar-refractivity contribution in [2.24, 2.45) is 0 Å². The van der Waals surface area contributed by atoms with Crippen molar-refractivity contribution in [3.05, 3.63) is 65.9 Å². The lowest BCUT2D eigenvalue weighted by molar-refractivity contribution is -0.895. The number of nitrogens with zero attached hydrogens (tertiary/aromatic N) is 1. The van der Waals surface area contributed by atoms with E-state index >= 15 is 0 Å². The van der Waals surface area contributed by atoms with E-state index in [4.69, 9.17) is 0 Å². The fourth-order valence-corrected chi connectivity index (χ4v) is 4.17. The average Bonchev–Trinajstić information content (AvgIpc) is 3.17. The van der Waals surface area contributed by atoms with E-state index in [-0.39, 0.29) is 11.8 Å². The lowest BCUT2D eigenvalue weighted by atomic mass is 10.1. The first-order chi connectivity index (χ1) is 14.6. The molecule has 1 fully saturated rings. The highest BCUT2D eigenvalue weighted by Crippen LogP contribution is 2.19. The number of benzene rings is 2. The Bertz CT molecular complexity index is 1030. The Kier molecular flexibility index (Phi) is 6.14. The molecule has 1 aliphatic rings. The summed E-state index contributed by atoms with van der Waals surface area (Å²) in [4.78, 5) is 31.6. The highest BCUT2D eigenvalue weighted by molar-refractivity contribution is 5.92. The maximum atomic E-state index is 12.8. The number of aromatic amines is 1. The molecular weight excluding hydrogens is 376 g/mol. The van der Waals surface area contributed by atoms with Gasteiger partial charge in [0.25, 0.3) is 5.91 Å². The minimum atomic E-state index is 0.0319. The highest BCUT2D eigenvalue weighted by Gasteiger charge is 2.25. The molecule has 0 aliphatic carbocycles. The molecule has 2 heterocycles. The number of amides is 2. The molecule has 156 valence electrons. The van der Waals surface area contributed by atoms with E-state index < -0.39 is 0 Å². The highest BCUT2D eigenvalue weighted by atomic mass is 16.2. The molecule has 1 saturated heterocycles. The molecule has 0 atom stereocenters. The van der Waals surface area contributed by atoms with Crippen LogP contribution in [0.15, 0.2) is 54.7 Å². The summed E-state index contributed by atoms with van der Waals surface area (Å²) >= 11 is 0. The molecule has 6 heteroatoms. The number of aryl methyl sites for hydroxylation is 1. The summed E-state index contributed by atoms with van der Waals surface area (Å²) in [5, 5.41) is 4.16. The van der Waals surface area contributed by atoms with Crippen LogP contribution >= 0.6 is 0 Å². The van der Waals surface area contributed by atoms with Gasteiger partial charge >= 0.3 is 0 Å². The van der Waals surface area contributed by atoms with Crippen LogP contribution in [0.3, 0.4) is 0 Å². The van der Waals surface area contributed by atoms with E-state index in [0.717, 1.165) is 47.2 Å². The van der Waals surface area contributed by atoms with Gasteiger partial charge in [0.15, 0.2) is 6.54 Å². The number of para-hydroxylation sites is 2. The van der Waals surface area contributed by atoms with E-state index in [1.54, 1.807) is 0 Å². The van der Waals surface area contributed by atoms with Gasteiger partial charge in [-0.05, 0) is 29.7 Å². The molecule has 1 aliphatic heterocycles. The predicted molar refractivity (Wildman–Crippen MR) is 119 cm³/mol. The Hall–Kier alpha value is -3.12. The zero-order valence-electron chi connectivity index (χ0n) is 17.4. The van der Waals surface area contributed by atoms with Gasteiger partial charge in [0.05, 0.1) is 32.6 Å². The van der Waals surface area contributed by atoms with Crippen molar-refractivity contribution in [2.45, 2.75) is 19.8 Å². The van der Waals surface area contributed by atoms with Gasteiger partial charge < -0.3 is 20.1 Å². The second-order valence-corrected chi connectivity index (χ2v) is 7.90. The van der Waals surface area contributed by atoms with Gasteiger partial charge in [-0.25, -0.2) is 0 Å². The van der Waals surface area contributed by atoms with Gasteiger partial charge in [0.2, 0.25) is 5.91 Å². The number of anilines is 1. The number of quaternary nitrogens is 1. The second-order valence-electron chi connectivity index (χ2n) is 7.90. The average molecular weight is 406 g/mol. The zero-order valence-corrected chi connectivity index (χ0v) is 17.4. The van der Waals surface area contributed by atoms with Crippen LogP contribution < -0.4 is 10.2 Å². The summed E-state index contributed by atoms with van der Waals surface area (Å²) in [7, 11) is 0. The lowest BCUT2D eigenvalue weighted by Gasteiger charge is -2.32. The van der Waals surface area contributed by atoms with Crippen LogP contribution in [-0.4, -0.2) is 54.4 Å². The van der Waals surface area contributed by atoms with E-state index in [0.29, 0.717) is 26.1 Å². The summed E-state index contributed by atoms with van der Waals surface area (Å²) in [6.45, 7) is 5.49. The van der Waals surface area contributed by atoms with Gasteiger partial charge in [-0.3, -0.25) is 9.59 Å². The zero-order chi connectivity index (χ0) is 20.9. The first-order valence-electron chi connectivity index (χ1n) is 10.7. The van der Waals surface area contributed by atoms with Crippen LogP contribution in [0.1, 0.15) is 18.1 Å². The van der Waals surface area contributed by atoms with Gasteiger partial charge in [0, 0.05) is 22.8 Å². The van der Waals surface area contributed by atoms with E-state index in [1.807, 2.05) is 59.6 Å². The number of hydrogen-bond acceptors (Lipinski definition) is 2. The Labute approximate surface area is 176 Å². The first-order valence-corrected chi connectivity index (χ1v) is 10.7. The Morgan fingerprint density at radius 3 is 2.57 bits per heavy atom. The molecule has 2 aromatic carbocycles. The molecule has 0 unspecified atom stereocenters. The number of carbonyl (C=O) groups excluding carboxylic acids is 2. The van der Waals surface area contributed by atoms with Crippen molar-refractivity contribution in [2.75, 3.05) is 38.0 Å². The molecule has 4 rings (SSSR count). The fourth-order valence-electron chi connectivity index (χ4n) is 4.17. The number of rotatable bonds is 6. The third-order valence-electron chi connectivity index (χ3n) is 5.92. The summed E-state index contributed by atoms with van der Waals surface area (Å²) in [5.74, 6) is 0.185. The Morgan fingerprint density at radius 2 is 1.77 bits per heavy atom. The van der Waals surface area contributed by atoms with Crippen LogP contribution in [0.2, 0.25) is 0 Å². The Balaban J connectivity index is 1.27. The van der Waals surface area contributed by atoms with Crippen molar-refractivity contribution >= 4 is 28.4 Å². The number of aromatic nitrogens is 1. The quantitative estimate of drug-likeness (QED) is 0.584. The smallest absolute Gasteiger partial charge is 0.279 e. The minimum absolute atomic E-state index is 0.0319. The summed E-state index contributed by atoms with van der Waals surface area (Å²) in [6, 6.07) is 16.0. The maximum Gasteiger partial charge on any atom is 0.279 e. The van der Waals surface area contributed by atoms with Crippen molar-refractivity contribution in [3.8, 4) is 0 Å². The van der Waals surface area contributed by atoms with Crippen molar-refractivity contribution < 1.29 is 14.5 Å². The molecule has 3 N–H and O–H groups in total. The standard InChI is InChI=1S/C24H28N4O2/c1-2-18-7-3-5-9-21(18)26-23(29)17-27-11-13-28(14-12-27)24(30)15-19-16-25-22-10-6-4-8-20(19)22/h3-10,16,25H,2,11-15,17H2,1H3,(H,26,29)/p+1. The number of carbonyl (C=O) groups is 2. The molecule has 0 bridgehead atoms. The third-order valence-corrected chi connectivity index (χ3v) is 5.92. The van der Waals surface area contributed by atoms with Crippen molar-refractivity contribution in [1.82, 2.24) is 9.88 Å². The van der Waals surface area contributed by atoms with Crippen LogP contribution in [-0.2, 0) is 22.4 Å². The predicted octanol–water partition coefficient (Wildman–Crippen LogP) is 1.64. The SMILES string of the molecule is CCc1ccccc1NC(=O)C[NH+]1CCN(C(=O)Cc2c[nH]c3ccccc23)CC1. The molecule has 0 spiro atoms. The normalized spacial score (nSPS) is 14.8. The third kappa shape index (κ3) is 4.54. The summed E-state index contributed by atoms with van der Waals surface area (Å²) in [6.07, 6.45) is 3.23. The lowest BCUT2D eigenvalue weighted by Crippen LogP contribution is -3.15. The molecular formula is C24H29N4O2+. The molecule has 0 radical (unpaired) electrons. The number of H-pyrrole nitrogens is 1. The fraction of sp³-hybridized carbons (Fsp3) is 0.333. The van der Waals surface area contributed by atoms with Gasteiger partial charge in [-0.1, -0.05) is 43.3 Å². The van der Waals surface area contributed by atoms with Crippen LogP contribution in [0.25, 0.3) is 10.9 Å². The molecule has 30 heavy (non-hydrogen) atoms. The number of fused-ring (bicyclic) bond motifs is 1. The number of nitrogens with one attached hydrogen (secondary N) is 3. The van der Waals surface area contributed by atoms with Gasteiger partial charge in [0.1, 0.15) is 0 Å². The van der Waals surface area contributed by atoms with E-state index in [1.165, 1.54) is 4.90 Å². The Morgan fingerprint density at radius 1 is 1.03 bits per heavy atom. The maximum absolute atomic E-state index is 12.8. The van der Waals surface area contributed by atoms with Crippen LogP contribution in [0.5, 0.6) is 0 Å². The summed E-state index contributed by atoms with van der Waals surface area (Å²) in [5.41, 5.74) is 4.15. The molecule has 6 nitrogen and oxygen atoms in total.